The minimum absolute atomic E-state index is 0.641. The van der Waals surface area contributed by atoms with Gasteiger partial charge in [0.05, 0.1) is 16.2 Å². The number of aromatic nitrogens is 2. The highest BCUT2D eigenvalue weighted by molar-refractivity contribution is 9.10. The van der Waals surface area contributed by atoms with E-state index in [1.807, 2.05) is 6.07 Å². The summed E-state index contributed by atoms with van der Waals surface area (Å²) < 4.78 is 0.840. The molecule has 2 aromatic heterocycles. The molecule has 0 atom stereocenters. The van der Waals surface area contributed by atoms with Crippen LogP contribution < -0.4 is 0 Å². The lowest BCUT2D eigenvalue weighted by Gasteiger charge is -1.88. The summed E-state index contributed by atoms with van der Waals surface area (Å²) >= 11 is 3.28. The van der Waals surface area contributed by atoms with Crippen LogP contribution in [0.15, 0.2) is 22.9 Å². The van der Waals surface area contributed by atoms with E-state index in [9.17, 15) is 0 Å². The van der Waals surface area contributed by atoms with Crippen molar-refractivity contribution in [3.8, 4) is 6.07 Å². The van der Waals surface area contributed by atoms with Gasteiger partial charge in [-0.2, -0.15) is 5.26 Å². The van der Waals surface area contributed by atoms with Crippen LogP contribution in [0.1, 0.15) is 5.56 Å². The molecule has 0 spiro atoms. The summed E-state index contributed by atoms with van der Waals surface area (Å²) in [5.74, 6) is 0. The van der Waals surface area contributed by atoms with Gasteiger partial charge in [0.25, 0.3) is 0 Å². The highest BCUT2D eigenvalue weighted by atomic mass is 79.9. The van der Waals surface area contributed by atoms with E-state index in [0.29, 0.717) is 5.56 Å². The van der Waals surface area contributed by atoms with Crippen LogP contribution in [0.5, 0.6) is 0 Å². The Balaban J connectivity index is 2.89. The third-order valence-corrected chi connectivity index (χ3v) is 2.05. The number of rotatable bonds is 0. The summed E-state index contributed by atoms with van der Waals surface area (Å²) in [6, 6.07) is 5.65. The first kappa shape index (κ1) is 7.32. The number of nitrogens with one attached hydrogen (secondary N) is 1. The predicted octanol–water partition coefficient (Wildman–Crippen LogP) is 2.20. The number of nitrogens with zero attached hydrogens (tertiary/aromatic N) is 2. The van der Waals surface area contributed by atoms with Crippen molar-refractivity contribution in [2.75, 3.05) is 0 Å². The average molecular weight is 222 g/mol. The SMILES string of the molecule is N#Cc1ccnc2[nH]c(Br)cc12. The fourth-order valence-corrected chi connectivity index (χ4v) is 1.51. The van der Waals surface area contributed by atoms with Crippen molar-refractivity contribution in [3.05, 3.63) is 28.5 Å². The largest absolute Gasteiger partial charge is 0.334 e. The fraction of sp³-hybridized carbons (Fsp3) is 0. The van der Waals surface area contributed by atoms with Crippen molar-refractivity contribution in [2.24, 2.45) is 0 Å². The molecule has 0 amide bonds. The monoisotopic (exact) mass is 221 g/mol. The molecular weight excluding hydrogens is 218 g/mol. The van der Waals surface area contributed by atoms with Crippen LogP contribution in [0.25, 0.3) is 11.0 Å². The Hall–Kier alpha value is -1.34. The molecule has 0 aliphatic rings. The van der Waals surface area contributed by atoms with Gasteiger partial charge in [-0.3, -0.25) is 0 Å². The van der Waals surface area contributed by atoms with E-state index in [1.54, 1.807) is 12.3 Å². The van der Waals surface area contributed by atoms with Crippen molar-refractivity contribution < 1.29 is 0 Å². The van der Waals surface area contributed by atoms with Gasteiger partial charge in [0.15, 0.2) is 0 Å². The number of H-pyrrole nitrogens is 1. The molecule has 2 rings (SSSR count). The van der Waals surface area contributed by atoms with E-state index in [4.69, 9.17) is 5.26 Å². The Morgan fingerprint density at radius 1 is 1.58 bits per heavy atom. The molecule has 2 heterocycles. The van der Waals surface area contributed by atoms with E-state index in [-0.39, 0.29) is 0 Å². The molecule has 0 bridgehead atoms. The standard InChI is InChI=1S/C8H4BrN3/c9-7-3-6-5(4-10)1-2-11-8(6)12-7/h1-3H,(H,11,12). The van der Waals surface area contributed by atoms with E-state index in [0.717, 1.165) is 15.6 Å². The van der Waals surface area contributed by atoms with E-state index >= 15 is 0 Å². The lowest BCUT2D eigenvalue weighted by atomic mass is 10.2. The van der Waals surface area contributed by atoms with Crippen LogP contribution in [0, 0.1) is 11.3 Å². The number of fused-ring (bicyclic) bond motifs is 1. The van der Waals surface area contributed by atoms with Gasteiger partial charge in [-0.1, -0.05) is 0 Å². The molecule has 2 aromatic rings. The summed E-state index contributed by atoms with van der Waals surface area (Å²) in [4.78, 5) is 7.06. The number of nitriles is 1. The molecule has 0 unspecified atom stereocenters. The second-order valence-corrected chi connectivity index (χ2v) is 3.20. The minimum Gasteiger partial charge on any atom is -0.334 e. The molecule has 0 aliphatic heterocycles. The van der Waals surface area contributed by atoms with Crippen LogP contribution in [-0.2, 0) is 0 Å². The maximum absolute atomic E-state index is 8.74. The topological polar surface area (TPSA) is 52.5 Å². The molecule has 58 valence electrons. The zero-order valence-corrected chi connectivity index (χ0v) is 7.59. The lowest BCUT2D eigenvalue weighted by Crippen LogP contribution is -1.78. The molecule has 1 N–H and O–H groups in total. The van der Waals surface area contributed by atoms with E-state index in [1.165, 1.54) is 0 Å². The first-order valence-electron chi connectivity index (χ1n) is 3.34. The van der Waals surface area contributed by atoms with Gasteiger partial charge in [-0.05, 0) is 28.1 Å². The molecule has 0 radical (unpaired) electrons. The Morgan fingerprint density at radius 2 is 2.42 bits per heavy atom. The smallest absolute Gasteiger partial charge is 0.139 e. The summed E-state index contributed by atoms with van der Waals surface area (Å²) in [5, 5.41) is 9.59. The third kappa shape index (κ3) is 0.990. The number of hydrogen-bond acceptors (Lipinski definition) is 2. The Morgan fingerprint density at radius 3 is 3.17 bits per heavy atom. The third-order valence-electron chi connectivity index (χ3n) is 1.62. The second-order valence-electron chi connectivity index (χ2n) is 2.35. The normalized spacial score (nSPS) is 10.0. The lowest BCUT2D eigenvalue weighted by molar-refractivity contribution is 1.30. The Labute approximate surface area is 77.2 Å². The fourth-order valence-electron chi connectivity index (χ4n) is 1.09. The molecule has 3 nitrogen and oxygen atoms in total. The molecular formula is C8H4BrN3. The van der Waals surface area contributed by atoms with Crippen molar-refractivity contribution in [1.82, 2.24) is 9.97 Å². The van der Waals surface area contributed by atoms with Crippen LogP contribution in [0.3, 0.4) is 0 Å². The van der Waals surface area contributed by atoms with Gasteiger partial charge in [-0.15, -0.1) is 0 Å². The van der Waals surface area contributed by atoms with E-state index in [2.05, 4.69) is 32.0 Å². The van der Waals surface area contributed by atoms with Gasteiger partial charge < -0.3 is 4.98 Å². The van der Waals surface area contributed by atoms with Gasteiger partial charge in [0.2, 0.25) is 0 Å². The van der Waals surface area contributed by atoms with Crippen LogP contribution in [0.4, 0.5) is 0 Å². The maximum Gasteiger partial charge on any atom is 0.139 e. The molecule has 0 fully saturated rings. The average Bonchev–Trinajstić information content (AvgIpc) is 2.44. The molecule has 4 heteroatoms. The Bertz CT molecular complexity index is 467. The first-order chi connectivity index (χ1) is 5.81. The summed E-state index contributed by atoms with van der Waals surface area (Å²) in [5.41, 5.74) is 1.38. The number of pyridine rings is 1. The van der Waals surface area contributed by atoms with Crippen LogP contribution in [0.2, 0.25) is 0 Å². The summed E-state index contributed by atoms with van der Waals surface area (Å²) in [7, 11) is 0. The zero-order chi connectivity index (χ0) is 8.55. The Kier molecular flexibility index (Phi) is 1.59. The quantitative estimate of drug-likeness (QED) is 0.742. The molecule has 0 aromatic carbocycles. The van der Waals surface area contributed by atoms with Crippen molar-refractivity contribution in [1.29, 1.82) is 5.26 Å². The highest BCUT2D eigenvalue weighted by Gasteiger charge is 2.03. The van der Waals surface area contributed by atoms with Gasteiger partial charge >= 0.3 is 0 Å². The molecule has 0 aliphatic carbocycles. The number of halogens is 1. The van der Waals surface area contributed by atoms with Crippen molar-refractivity contribution in [3.63, 3.8) is 0 Å². The second kappa shape index (κ2) is 2.61. The van der Waals surface area contributed by atoms with Crippen molar-refractivity contribution in [2.45, 2.75) is 0 Å². The molecule has 12 heavy (non-hydrogen) atoms. The zero-order valence-electron chi connectivity index (χ0n) is 6.00. The van der Waals surface area contributed by atoms with Crippen LogP contribution >= 0.6 is 15.9 Å². The van der Waals surface area contributed by atoms with Crippen LogP contribution in [-0.4, -0.2) is 9.97 Å². The predicted molar refractivity (Wildman–Crippen MR) is 48.5 cm³/mol. The number of hydrogen-bond donors (Lipinski definition) is 1. The van der Waals surface area contributed by atoms with Gasteiger partial charge in [-0.25, -0.2) is 4.98 Å². The summed E-state index contributed by atoms with van der Waals surface area (Å²) in [6.45, 7) is 0. The highest BCUT2D eigenvalue weighted by Crippen LogP contribution is 2.19. The molecule has 0 saturated heterocycles. The molecule has 0 saturated carbocycles. The summed E-state index contributed by atoms with van der Waals surface area (Å²) in [6.07, 6.45) is 1.61. The van der Waals surface area contributed by atoms with Gasteiger partial charge in [0, 0.05) is 11.6 Å². The van der Waals surface area contributed by atoms with E-state index < -0.39 is 0 Å². The minimum atomic E-state index is 0.641. The van der Waals surface area contributed by atoms with Gasteiger partial charge in [0.1, 0.15) is 5.65 Å². The maximum atomic E-state index is 8.74. The van der Waals surface area contributed by atoms with Crippen molar-refractivity contribution >= 4 is 27.0 Å². The number of aromatic amines is 1. The first-order valence-corrected chi connectivity index (χ1v) is 4.14.